The van der Waals surface area contributed by atoms with Crippen LogP contribution in [0.2, 0.25) is 0 Å². The van der Waals surface area contributed by atoms with E-state index in [1.165, 1.54) is 0 Å². The molecule has 2 aromatic rings. The van der Waals surface area contributed by atoms with Crippen LogP contribution in [0.4, 0.5) is 0 Å². The third-order valence-electron chi connectivity index (χ3n) is 6.64. The van der Waals surface area contributed by atoms with E-state index in [0.717, 1.165) is 29.6 Å². The van der Waals surface area contributed by atoms with Gasteiger partial charge >= 0.3 is 0 Å². The first kappa shape index (κ1) is 24.4. The quantitative estimate of drug-likeness (QED) is 0.632. The van der Waals surface area contributed by atoms with Crippen LogP contribution in [0.25, 0.3) is 17.0 Å². The lowest BCUT2D eigenvalue weighted by Gasteiger charge is -2.36. The number of β-amino-alcohol motifs (C(OH)–C–C–N with tert-alkyl or cyclic N) is 1. The molecule has 1 saturated heterocycles. The molecule has 1 saturated carbocycles. The number of amides is 1. The lowest BCUT2D eigenvalue weighted by atomic mass is 9.88. The highest BCUT2D eigenvalue weighted by Gasteiger charge is 2.51. The van der Waals surface area contributed by atoms with E-state index in [9.17, 15) is 15.2 Å². The number of carbonyl (C=O) groups excluding carboxylic acids is 1. The summed E-state index contributed by atoms with van der Waals surface area (Å²) < 4.78 is 11.3. The highest BCUT2D eigenvalue weighted by molar-refractivity contribution is 5.84. The molecule has 1 aliphatic carbocycles. The van der Waals surface area contributed by atoms with Gasteiger partial charge in [0.25, 0.3) is 5.89 Å². The maximum atomic E-state index is 12.5. The summed E-state index contributed by atoms with van der Waals surface area (Å²) in [6, 6.07) is 7.36. The molecule has 0 radical (unpaired) electrons. The molecule has 0 unspecified atom stereocenters. The van der Waals surface area contributed by atoms with Gasteiger partial charge in [-0.3, -0.25) is 4.79 Å². The summed E-state index contributed by atoms with van der Waals surface area (Å²) >= 11 is 0. The number of aliphatic hydroxyl groups excluding tert-OH is 1. The largest absolute Gasteiger partial charge is 0.490 e. The first-order valence-electron chi connectivity index (χ1n) is 11.9. The van der Waals surface area contributed by atoms with E-state index in [1.807, 2.05) is 32.9 Å². The minimum Gasteiger partial charge on any atom is -0.490 e. The fraction of sp³-hybridized carbons (Fsp3) is 0.407. The van der Waals surface area contributed by atoms with Gasteiger partial charge in [-0.15, -0.1) is 0 Å². The number of aliphatic hydroxyl groups is 1. The molecule has 1 atom stereocenters. The van der Waals surface area contributed by atoms with Crippen molar-refractivity contribution in [1.82, 2.24) is 15.0 Å². The van der Waals surface area contributed by atoms with Crippen molar-refractivity contribution in [2.45, 2.75) is 58.1 Å². The van der Waals surface area contributed by atoms with Crippen LogP contribution >= 0.6 is 0 Å². The van der Waals surface area contributed by atoms with E-state index in [1.54, 1.807) is 23.1 Å². The number of aromatic nitrogens is 2. The predicted octanol–water partition coefficient (Wildman–Crippen LogP) is 4.43. The molecular weight excluding hydrogens is 444 g/mol. The molecule has 2 fully saturated rings. The normalized spacial score (nSPS) is 21.5. The average molecular weight is 475 g/mol. The third kappa shape index (κ3) is 4.40. The van der Waals surface area contributed by atoms with Gasteiger partial charge in [0, 0.05) is 24.1 Å². The van der Waals surface area contributed by atoms with E-state index in [-0.39, 0.29) is 18.6 Å². The predicted molar refractivity (Wildman–Crippen MR) is 131 cm³/mol. The van der Waals surface area contributed by atoms with Crippen LogP contribution in [-0.4, -0.2) is 50.8 Å². The summed E-state index contributed by atoms with van der Waals surface area (Å²) in [5.74, 6) is 1.28. The lowest BCUT2D eigenvalue weighted by molar-refractivity contribution is -0.130. The van der Waals surface area contributed by atoms with E-state index < -0.39 is 5.54 Å². The van der Waals surface area contributed by atoms with Crippen molar-refractivity contribution in [1.29, 1.82) is 5.26 Å². The topological polar surface area (TPSA) is 112 Å². The van der Waals surface area contributed by atoms with Crippen molar-refractivity contribution >= 4 is 11.5 Å². The number of allylic oxidation sites excluding steroid dienone is 3. The average Bonchev–Trinajstić information content (AvgIpc) is 3.53. The standard InChI is InChI=1S/C27H30N4O4/c1-5-6-22(21-9-11-27(18(21)4)12-10-24(33)31(27)13-14-32)25-29-26(35-30-25)19-7-8-23(34-17(2)3)20(15-19)16-28/h5-8,15,17,32H,4,9-14H2,1-3H3/b6-5-,22-21+/t27-/m0/s1. The Bertz CT molecular complexity index is 1250. The molecule has 1 amide bonds. The summed E-state index contributed by atoms with van der Waals surface area (Å²) in [6.45, 7) is 10.3. The smallest absolute Gasteiger partial charge is 0.258 e. The molecule has 2 aliphatic rings. The van der Waals surface area contributed by atoms with Gasteiger partial charge in [0.05, 0.1) is 23.8 Å². The number of nitrogens with zero attached hydrogens (tertiary/aromatic N) is 4. The van der Waals surface area contributed by atoms with Gasteiger partial charge in [-0.1, -0.05) is 23.9 Å². The van der Waals surface area contributed by atoms with Gasteiger partial charge in [0.1, 0.15) is 11.8 Å². The number of ether oxygens (including phenoxy) is 1. The van der Waals surface area contributed by atoms with Crippen LogP contribution in [0, 0.1) is 11.3 Å². The Hall–Kier alpha value is -3.70. The molecule has 1 spiro atoms. The molecule has 1 aromatic carbocycles. The Kier molecular flexibility index (Phi) is 6.90. The fourth-order valence-electron chi connectivity index (χ4n) is 5.08. The molecule has 4 rings (SSSR count). The van der Waals surface area contributed by atoms with Gasteiger partial charge in [-0.05, 0) is 69.4 Å². The summed E-state index contributed by atoms with van der Waals surface area (Å²) in [4.78, 5) is 18.9. The summed E-state index contributed by atoms with van der Waals surface area (Å²) in [7, 11) is 0. The number of nitriles is 1. The molecule has 1 N–H and O–H groups in total. The van der Waals surface area contributed by atoms with Crippen molar-refractivity contribution in [3.8, 4) is 23.3 Å². The molecule has 8 nitrogen and oxygen atoms in total. The lowest BCUT2D eigenvalue weighted by Crippen LogP contribution is -2.46. The van der Waals surface area contributed by atoms with Crippen molar-refractivity contribution in [3.63, 3.8) is 0 Å². The summed E-state index contributed by atoms with van der Waals surface area (Å²) in [6.07, 6.45) is 6.41. The van der Waals surface area contributed by atoms with Gasteiger partial charge in [-0.25, -0.2) is 0 Å². The second-order valence-electron chi connectivity index (χ2n) is 9.08. The van der Waals surface area contributed by atoms with Crippen molar-refractivity contribution in [3.05, 3.63) is 59.5 Å². The van der Waals surface area contributed by atoms with E-state index in [0.29, 0.717) is 48.0 Å². The summed E-state index contributed by atoms with van der Waals surface area (Å²) in [5, 5.41) is 23.3. The number of likely N-dealkylation sites (tertiary alicyclic amines) is 1. The first-order valence-corrected chi connectivity index (χ1v) is 11.9. The van der Waals surface area contributed by atoms with Crippen molar-refractivity contribution in [2.75, 3.05) is 13.2 Å². The maximum absolute atomic E-state index is 12.5. The number of carbonyl (C=O) groups is 1. The first-order chi connectivity index (χ1) is 16.8. The third-order valence-corrected chi connectivity index (χ3v) is 6.64. The summed E-state index contributed by atoms with van der Waals surface area (Å²) in [5.41, 5.74) is 3.21. The molecule has 2 heterocycles. The highest BCUT2D eigenvalue weighted by atomic mass is 16.5. The second kappa shape index (κ2) is 9.88. The Balaban J connectivity index is 1.70. The number of rotatable bonds is 7. The van der Waals surface area contributed by atoms with E-state index in [4.69, 9.17) is 9.26 Å². The Labute approximate surface area is 205 Å². The second-order valence-corrected chi connectivity index (χ2v) is 9.08. The highest BCUT2D eigenvalue weighted by Crippen LogP contribution is 2.51. The molecule has 35 heavy (non-hydrogen) atoms. The molecule has 8 heteroatoms. The zero-order valence-electron chi connectivity index (χ0n) is 20.4. The fourth-order valence-corrected chi connectivity index (χ4v) is 5.08. The van der Waals surface area contributed by atoms with Crippen LogP contribution in [0.5, 0.6) is 5.75 Å². The van der Waals surface area contributed by atoms with Crippen molar-refractivity contribution < 1.29 is 19.2 Å². The Morgan fingerprint density at radius 3 is 2.86 bits per heavy atom. The molecule has 0 bridgehead atoms. The SMILES string of the molecule is C=C1/C(=C(\C=C/C)c2noc(-c3ccc(OC(C)C)c(C#N)c3)n2)CC[C@]12CCC(=O)N2CCO. The molecule has 1 aromatic heterocycles. The minimum absolute atomic E-state index is 0.0501. The number of hydrogen-bond donors (Lipinski definition) is 1. The Morgan fingerprint density at radius 2 is 2.17 bits per heavy atom. The Morgan fingerprint density at radius 1 is 1.40 bits per heavy atom. The zero-order chi connectivity index (χ0) is 25.2. The van der Waals surface area contributed by atoms with Crippen LogP contribution in [0.3, 0.4) is 0 Å². The van der Waals surface area contributed by atoms with Gasteiger partial charge in [-0.2, -0.15) is 10.2 Å². The van der Waals surface area contributed by atoms with E-state index in [2.05, 4.69) is 22.8 Å². The number of hydrogen-bond acceptors (Lipinski definition) is 7. The number of benzene rings is 1. The van der Waals surface area contributed by atoms with Gasteiger partial charge in [0.15, 0.2) is 0 Å². The van der Waals surface area contributed by atoms with Crippen LogP contribution < -0.4 is 4.74 Å². The zero-order valence-corrected chi connectivity index (χ0v) is 20.4. The minimum atomic E-state index is -0.470. The van der Waals surface area contributed by atoms with Crippen LogP contribution in [0.1, 0.15) is 57.8 Å². The van der Waals surface area contributed by atoms with Gasteiger partial charge < -0.3 is 19.3 Å². The van der Waals surface area contributed by atoms with Crippen LogP contribution in [0.15, 0.2) is 52.6 Å². The molecule has 1 aliphatic heterocycles. The van der Waals surface area contributed by atoms with Crippen LogP contribution in [-0.2, 0) is 4.79 Å². The maximum Gasteiger partial charge on any atom is 0.258 e. The molecular formula is C27H30N4O4. The monoisotopic (exact) mass is 474 g/mol. The van der Waals surface area contributed by atoms with Crippen molar-refractivity contribution in [2.24, 2.45) is 0 Å². The van der Waals surface area contributed by atoms with E-state index >= 15 is 0 Å². The van der Waals surface area contributed by atoms with Gasteiger partial charge in [0.2, 0.25) is 11.7 Å². The molecule has 182 valence electrons.